The lowest BCUT2D eigenvalue weighted by Crippen LogP contribution is -2.39. The molecule has 1 aromatic rings. The second-order valence-corrected chi connectivity index (χ2v) is 7.45. The number of furan rings is 1. The number of sulfonamides is 1. The third-order valence-electron chi connectivity index (χ3n) is 4.49. The van der Waals surface area contributed by atoms with Gasteiger partial charge < -0.3 is 9.15 Å². The summed E-state index contributed by atoms with van der Waals surface area (Å²) < 4.78 is 36.7. The topological polar surface area (TPSA) is 76.8 Å². The van der Waals surface area contributed by atoms with Crippen molar-refractivity contribution in [2.24, 2.45) is 5.92 Å². The molecule has 2 atom stereocenters. The van der Waals surface area contributed by atoms with Gasteiger partial charge in [-0.15, -0.1) is 0 Å². The number of carbonyl (C=O) groups is 1. The highest BCUT2D eigenvalue weighted by Crippen LogP contribution is 2.39. The van der Waals surface area contributed by atoms with Crippen LogP contribution in [-0.4, -0.2) is 38.4 Å². The molecule has 3 rings (SSSR count). The number of esters is 1. The van der Waals surface area contributed by atoms with Gasteiger partial charge in [-0.2, -0.15) is 4.31 Å². The van der Waals surface area contributed by atoms with Crippen LogP contribution < -0.4 is 0 Å². The van der Waals surface area contributed by atoms with E-state index < -0.39 is 16.0 Å². The molecule has 2 heterocycles. The number of hydrogen-bond donors (Lipinski definition) is 0. The molecule has 1 aliphatic heterocycles. The van der Waals surface area contributed by atoms with Crippen LogP contribution in [0.15, 0.2) is 21.6 Å². The Hall–Kier alpha value is -1.34. The van der Waals surface area contributed by atoms with Crippen LogP contribution in [0.5, 0.6) is 0 Å². The van der Waals surface area contributed by atoms with Crippen LogP contribution >= 0.6 is 0 Å². The van der Waals surface area contributed by atoms with Gasteiger partial charge in [-0.3, -0.25) is 0 Å². The van der Waals surface area contributed by atoms with Crippen LogP contribution in [0.2, 0.25) is 0 Å². The van der Waals surface area contributed by atoms with Gasteiger partial charge in [0.2, 0.25) is 10.9 Å². The number of carbonyl (C=O) groups excluding carboxylic acids is 1. The lowest BCUT2D eigenvalue weighted by molar-refractivity contribution is 0.0558. The third-order valence-corrected chi connectivity index (χ3v) is 6.29. The minimum absolute atomic E-state index is 0.0791. The van der Waals surface area contributed by atoms with Crippen molar-refractivity contribution in [1.29, 1.82) is 0 Å². The standard InChI is InChI=1S/C14H19NO5S/c1-19-14(16)12-6-7-13(20-12)21(17,18)15-9-8-10-4-2-3-5-11(10)15/h6-7,10-11H,2-5,8-9H2,1H3/t10-,11+/m1/s1. The first-order valence-electron chi connectivity index (χ1n) is 7.24. The highest BCUT2D eigenvalue weighted by atomic mass is 32.2. The lowest BCUT2D eigenvalue weighted by atomic mass is 9.86. The number of nitrogens with zero attached hydrogens (tertiary/aromatic N) is 1. The maximum atomic E-state index is 12.7. The molecule has 6 nitrogen and oxygen atoms in total. The van der Waals surface area contributed by atoms with Crippen LogP contribution in [-0.2, 0) is 14.8 Å². The molecule has 21 heavy (non-hydrogen) atoms. The minimum atomic E-state index is -3.67. The summed E-state index contributed by atoms with van der Waals surface area (Å²) in [5.74, 6) is -0.299. The fourth-order valence-corrected chi connectivity index (χ4v) is 5.09. The van der Waals surface area contributed by atoms with Gasteiger partial charge in [0.25, 0.3) is 10.0 Å². The summed E-state index contributed by atoms with van der Waals surface area (Å²) >= 11 is 0. The average Bonchev–Trinajstić information content (AvgIpc) is 3.13. The quantitative estimate of drug-likeness (QED) is 0.798. The van der Waals surface area contributed by atoms with Crippen molar-refractivity contribution in [3.8, 4) is 0 Å². The van der Waals surface area contributed by atoms with Crippen LogP contribution in [0.1, 0.15) is 42.7 Å². The van der Waals surface area contributed by atoms with E-state index in [1.165, 1.54) is 25.7 Å². The molecule has 0 N–H and O–H groups in total. The molecule has 1 saturated heterocycles. The molecule has 1 saturated carbocycles. The van der Waals surface area contributed by atoms with Gasteiger partial charge in [0, 0.05) is 12.6 Å². The molecule has 0 unspecified atom stereocenters. The summed E-state index contributed by atoms with van der Waals surface area (Å²) in [7, 11) is -2.44. The van der Waals surface area contributed by atoms with Crippen molar-refractivity contribution in [2.45, 2.75) is 43.2 Å². The monoisotopic (exact) mass is 313 g/mol. The van der Waals surface area contributed by atoms with E-state index in [0.29, 0.717) is 12.5 Å². The van der Waals surface area contributed by atoms with Crippen molar-refractivity contribution < 1.29 is 22.4 Å². The first-order valence-corrected chi connectivity index (χ1v) is 8.68. The van der Waals surface area contributed by atoms with Crippen molar-refractivity contribution in [2.75, 3.05) is 13.7 Å². The Balaban J connectivity index is 1.86. The Morgan fingerprint density at radius 1 is 1.29 bits per heavy atom. The largest absolute Gasteiger partial charge is 0.463 e. The van der Waals surface area contributed by atoms with E-state index in [9.17, 15) is 13.2 Å². The predicted molar refractivity (Wildman–Crippen MR) is 74.3 cm³/mol. The molecular formula is C14H19NO5S. The number of ether oxygens (including phenoxy) is 1. The molecule has 0 spiro atoms. The fourth-order valence-electron chi connectivity index (χ4n) is 3.45. The molecular weight excluding hydrogens is 294 g/mol. The first kappa shape index (κ1) is 14.6. The molecule has 2 aliphatic rings. The highest BCUT2D eigenvalue weighted by molar-refractivity contribution is 7.89. The Morgan fingerprint density at radius 3 is 2.81 bits per heavy atom. The van der Waals surface area contributed by atoms with E-state index in [2.05, 4.69) is 4.74 Å². The van der Waals surface area contributed by atoms with Crippen LogP contribution in [0.25, 0.3) is 0 Å². The van der Waals surface area contributed by atoms with Gasteiger partial charge >= 0.3 is 5.97 Å². The highest BCUT2D eigenvalue weighted by Gasteiger charge is 2.43. The summed E-state index contributed by atoms with van der Waals surface area (Å²) in [4.78, 5) is 11.4. The lowest BCUT2D eigenvalue weighted by Gasteiger charge is -2.30. The van der Waals surface area contributed by atoms with E-state index in [0.717, 1.165) is 25.7 Å². The van der Waals surface area contributed by atoms with E-state index in [1.54, 1.807) is 4.31 Å². The number of fused-ring (bicyclic) bond motifs is 1. The second-order valence-electron chi connectivity index (χ2n) is 5.63. The smallest absolute Gasteiger partial charge is 0.374 e. The van der Waals surface area contributed by atoms with Crippen LogP contribution in [0.4, 0.5) is 0 Å². The third kappa shape index (κ3) is 2.48. The Bertz CT molecular complexity index is 636. The predicted octanol–water partition coefficient (Wildman–Crippen LogP) is 2.02. The van der Waals surface area contributed by atoms with E-state index in [4.69, 9.17) is 4.42 Å². The number of rotatable bonds is 3. The number of hydrogen-bond acceptors (Lipinski definition) is 5. The minimum Gasteiger partial charge on any atom is -0.463 e. The van der Waals surface area contributed by atoms with Gasteiger partial charge in [-0.05, 0) is 37.3 Å². The summed E-state index contributed by atoms with van der Waals surface area (Å²) in [5.41, 5.74) is 0. The van der Waals surface area contributed by atoms with E-state index in [1.807, 2.05) is 0 Å². The zero-order valence-electron chi connectivity index (χ0n) is 11.9. The molecule has 0 amide bonds. The van der Waals surface area contributed by atoms with Crippen molar-refractivity contribution in [3.05, 3.63) is 17.9 Å². The van der Waals surface area contributed by atoms with Crippen molar-refractivity contribution in [3.63, 3.8) is 0 Å². The van der Waals surface area contributed by atoms with Crippen molar-refractivity contribution in [1.82, 2.24) is 4.31 Å². The molecule has 7 heteroatoms. The normalized spacial score (nSPS) is 26.5. The Labute approximate surface area is 124 Å². The molecule has 0 aromatic carbocycles. The Kier molecular flexibility index (Phi) is 3.79. The van der Waals surface area contributed by atoms with E-state index in [-0.39, 0.29) is 16.9 Å². The van der Waals surface area contributed by atoms with Crippen molar-refractivity contribution >= 4 is 16.0 Å². The first-order chi connectivity index (χ1) is 10.0. The summed E-state index contributed by atoms with van der Waals surface area (Å²) in [5, 5.41) is -0.172. The molecule has 0 radical (unpaired) electrons. The Morgan fingerprint density at radius 2 is 2.05 bits per heavy atom. The van der Waals surface area contributed by atoms with Gasteiger partial charge in [0.05, 0.1) is 7.11 Å². The van der Waals surface area contributed by atoms with Gasteiger partial charge in [-0.25, -0.2) is 13.2 Å². The summed E-state index contributed by atoms with van der Waals surface area (Å²) in [6, 6.07) is 2.75. The molecule has 0 bridgehead atoms. The summed E-state index contributed by atoms with van der Waals surface area (Å²) in [6.45, 7) is 0.534. The zero-order chi connectivity index (χ0) is 15.0. The molecule has 116 valence electrons. The maximum Gasteiger partial charge on any atom is 0.374 e. The van der Waals surface area contributed by atoms with Crippen LogP contribution in [0.3, 0.4) is 0 Å². The van der Waals surface area contributed by atoms with E-state index >= 15 is 0 Å². The van der Waals surface area contributed by atoms with Gasteiger partial charge in [-0.1, -0.05) is 12.8 Å². The SMILES string of the molecule is COC(=O)c1ccc(S(=O)(=O)N2CC[C@H]3CCCC[C@@H]32)o1. The van der Waals surface area contributed by atoms with Gasteiger partial charge in [0.15, 0.2) is 0 Å². The average molecular weight is 313 g/mol. The maximum absolute atomic E-state index is 12.7. The molecule has 1 aromatic heterocycles. The second kappa shape index (κ2) is 5.46. The van der Waals surface area contributed by atoms with Gasteiger partial charge in [0.1, 0.15) is 0 Å². The fraction of sp³-hybridized carbons (Fsp3) is 0.643. The van der Waals surface area contributed by atoms with Crippen LogP contribution in [0, 0.1) is 5.92 Å². The molecule has 1 aliphatic carbocycles. The number of methoxy groups -OCH3 is 1. The zero-order valence-corrected chi connectivity index (χ0v) is 12.8. The molecule has 2 fully saturated rings. The summed E-state index contributed by atoms with van der Waals surface area (Å²) in [6.07, 6.45) is 5.17.